The fraction of sp³-hybridized carbons (Fsp3) is 0.108. The number of hydrogen-bond donors (Lipinski definition) is 0. The van der Waals surface area contributed by atoms with Gasteiger partial charge in [0.15, 0.2) is 0 Å². The van der Waals surface area contributed by atoms with Crippen LogP contribution in [0, 0.1) is 0 Å². The molecule has 0 fully saturated rings. The molecule has 0 bridgehead atoms. The molecule has 2 aliphatic heterocycles. The van der Waals surface area contributed by atoms with E-state index in [9.17, 15) is 0 Å². The summed E-state index contributed by atoms with van der Waals surface area (Å²) in [5, 5.41) is 7.58. The second kappa shape index (κ2) is 16.1. The molecule has 0 saturated carbocycles. The summed E-state index contributed by atoms with van der Waals surface area (Å²) in [6, 6.07) is 85.8. The first-order valence-electron chi connectivity index (χ1n) is 27.5. The lowest BCUT2D eigenvalue weighted by Crippen LogP contribution is -2.27. The Morgan fingerprint density at radius 2 is 0.692 bits per heavy atom. The molecule has 12 aromatic carbocycles. The van der Waals surface area contributed by atoms with Gasteiger partial charge in [0.05, 0.1) is 22.7 Å². The van der Waals surface area contributed by atoms with E-state index in [1.807, 2.05) is 0 Å². The first-order valence-corrected chi connectivity index (χ1v) is 27.5. The molecule has 0 spiro atoms. The van der Waals surface area contributed by atoms with Crippen LogP contribution in [0.2, 0.25) is 0 Å². The zero-order valence-corrected chi connectivity index (χ0v) is 44.7. The zero-order valence-electron chi connectivity index (χ0n) is 44.7. The van der Waals surface area contributed by atoms with Gasteiger partial charge in [0, 0.05) is 103 Å². The van der Waals surface area contributed by atoms with Crippen LogP contribution >= 0.6 is 0 Å². The number of anilines is 10. The number of nitrogens with zero attached hydrogens (tertiary/aromatic N) is 4. The van der Waals surface area contributed by atoms with E-state index in [1.165, 1.54) is 122 Å². The SMILES string of the molecule is CN1c2ccccc2-c2c3c(c4c5c(c6c(c1c25)C(C)(C)c1cc(N(c2ccccc2)c2cccc5ccccc25)ccc1-6)-c1ccccc1N4C)C(C)(C)c1cc(N(c2ccccc2)c2cccc4ccccc24)ccc1-3. The van der Waals surface area contributed by atoms with E-state index in [0.29, 0.717) is 0 Å². The van der Waals surface area contributed by atoms with Gasteiger partial charge in [-0.3, -0.25) is 0 Å². The normalized spacial score (nSPS) is 14.4. The van der Waals surface area contributed by atoms with Gasteiger partial charge < -0.3 is 19.6 Å². The van der Waals surface area contributed by atoms with Crippen molar-refractivity contribution in [2.75, 3.05) is 33.7 Å². The second-order valence-corrected chi connectivity index (χ2v) is 22.9. The summed E-state index contributed by atoms with van der Waals surface area (Å²) < 4.78 is 0. The van der Waals surface area contributed by atoms with Crippen molar-refractivity contribution < 1.29 is 0 Å². The molecule has 0 amide bonds. The maximum atomic E-state index is 2.55. The molecule has 372 valence electrons. The Kier molecular flexibility index (Phi) is 9.25. The van der Waals surface area contributed by atoms with Gasteiger partial charge in [-0.2, -0.15) is 0 Å². The summed E-state index contributed by atoms with van der Waals surface area (Å²) in [4.78, 5) is 10.0. The standard InChI is InChI=1S/C74H56N4/c1-73(2)57-43-49(77(47-27-9-7-10-28-47)61-37-21-25-45-23-13-15-31-51(45)61)39-41-53(57)65-63-55-33-17-20-36-60(55)76(6)72-68(63)67-64(56-34-18-19-35-59(56)75(5)71(67)69(65)73)66-54-42-40-50(44-58(54)74(3,4)70(66)72)78(48-29-11-8-12-30-48)62-38-22-26-46-24-14-16-32-52(46)62/h7-44H,1-6H3. The molecule has 2 aliphatic carbocycles. The van der Waals surface area contributed by atoms with Gasteiger partial charge in [-0.25, -0.2) is 0 Å². The third-order valence-electron chi connectivity index (χ3n) is 18.1. The second-order valence-electron chi connectivity index (χ2n) is 22.9. The molecular formula is C74H56N4. The molecule has 4 heteroatoms. The minimum atomic E-state index is -0.397. The first kappa shape index (κ1) is 44.9. The lowest BCUT2D eigenvalue weighted by atomic mass is 9.71. The molecule has 0 radical (unpaired) electrons. The predicted octanol–water partition coefficient (Wildman–Crippen LogP) is 20.2. The molecule has 12 aromatic rings. The number of fused-ring (bicyclic) bond motifs is 16. The highest BCUT2D eigenvalue weighted by atomic mass is 15.2. The van der Waals surface area contributed by atoms with Crippen molar-refractivity contribution in [2.45, 2.75) is 38.5 Å². The highest BCUT2D eigenvalue weighted by Gasteiger charge is 2.50. The van der Waals surface area contributed by atoms with E-state index < -0.39 is 10.8 Å². The molecular weight excluding hydrogens is 945 g/mol. The summed E-state index contributed by atoms with van der Waals surface area (Å²) in [7, 11) is 4.65. The monoisotopic (exact) mass is 1000 g/mol. The molecule has 2 heterocycles. The highest BCUT2D eigenvalue weighted by Crippen LogP contribution is 2.70. The van der Waals surface area contributed by atoms with Crippen molar-refractivity contribution in [1.29, 1.82) is 0 Å². The van der Waals surface area contributed by atoms with Crippen LogP contribution in [-0.4, -0.2) is 14.1 Å². The van der Waals surface area contributed by atoms with Crippen LogP contribution in [0.15, 0.2) is 231 Å². The minimum absolute atomic E-state index is 0.397. The van der Waals surface area contributed by atoms with Crippen molar-refractivity contribution >= 4 is 89.2 Å². The fourth-order valence-electron chi connectivity index (χ4n) is 14.8. The highest BCUT2D eigenvalue weighted by molar-refractivity contribution is 6.31. The third kappa shape index (κ3) is 5.89. The number of benzene rings is 12. The molecule has 4 nitrogen and oxygen atoms in total. The topological polar surface area (TPSA) is 13.0 Å². The van der Waals surface area contributed by atoms with Crippen LogP contribution in [0.4, 0.5) is 56.9 Å². The predicted molar refractivity (Wildman–Crippen MR) is 330 cm³/mol. The van der Waals surface area contributed by atoms with Crippen molar-refractivity contribution in [3.05, 3.63) is 253 Å². The molecule has 78 heavy (non-hydrogen) atoms. The summed E-state index contributed by atoms with van der Waals surface area (Å²) in [6.45, 7) is 9.94. The van der Waals surface area contributed by atoms with Crippen molar-refractivity contribution in [1.82, 2.24) is 0 Å². The van der Waals surface area contributed by atoms with E-state index in [-0.39, 0.29) is 0 Å². The molecule has 16 rings (SSSR count). The Balaban J connectivity index is 0.994. The number of rotatable bonds is 6. The van der Waals surface area contributed by atoms with Crippen molar-refractivity contribution in [3.63, 3.8) is 0 Å². The van der Waals surface area contributed by atoms with E-state index in [2.05, 4.69) is 292 Å². The van der Waals surface area contributed by atoms with E-state index in [0.717, 1.165) is 34.1 Å². The maximum Gasteiger partial charge on any atom is 0.0543 e. The van der Waals surface area contributed by atoms with Crippen LogP contribution in [-0.2, 0) is 10.8 Å². The number of para-hydroxylation sites is 4. The first-order chi connectivity index (χ1) is 38.1. The Morgan fingerprint density at radius 3 is 1.13 bits per heavy atom. The molecule has 0 aromatic heterocycles. The summed E-state index contributed by atoms with van der Waals surface area (Å²) in [5.74, 6) is 0. The van der Waals surface area contributed by atoms with Crippen LogP contribution in [0.3, 0.4) is 0 Å². The summed E-state index contributed by atoms with van der Waals surface area (Å²) >= 11 is 0. The molecule has 0 atom stereocenters. The largest absolute Gasteiger partial charge is 0.343 e. The maximum absolute atomic E-state index is 2.55. The summed E-state index contributed by atoms with van der Waals surface area (Å²) in [6.07, 6.45) is 0. The van der Waals surface area contributed by atoms with Crippen molar-refractivity contribution in [3.8, 4) is 44.5 Å². The molecule has 0 unspecified atom stereocenters. The van der Waals surface area contributed by atoms with E-state index >= 15 is 0 Å². The Hall–Kier alpha value is -9.38. The van der Waals surface area contributed by atoms with E-state index in [1.54, 1.807) is 0 Å². The van der Waals surface area contributed by atoms with Gasteiger partial charge in [0.25, 0.3) is 0 Å². The molecule has 0 saturated heterocycles. The molecule has 4 aliphatic rings. The van der Waals surface area contributed by atoms with Gasteiger partial charge in [0.2, 0.25) is 0 Å². The van der Waals surface area contributed by atoms with Gasteiger partial charge in [-0.15, -0.1) is 0 Å². The van der Waals surface area contributed by atoms with Gasteiger partial charge in [-0.1, -0.05) is 185 Å². The quantitative estimate of drug-likeness (QED) is 0.165. The Labute approximate surface area is 456 Å². The van der Waals surface area contributed by atoms with Crippen LogP contribution in [0.25, 0.3) is 76.8 Å². The van der Waals surface area contributed by atoms with Crippen LogP contribution in [0.1, 0.15) is 49.9 Å². The van der Waals surface area contributed by atoms with Gasteiger partial charge in [-0.05, 0) is 128 Å². The lowest BCUT2D eigenvalue weighted by molar-refractivity contribution is 0.659. The number of hydrogen-bond acceptors (Lipinski definition) is 4. The average molecular weight is 1000 g/mol. The zero-order chi connectivity index (χ0) is 52.3. The molecule has 0 N–H and O–H groups in total. The van der Waals surface area contributed by atoms with Gasteiger partial charge in [0.1, 0.15) is 0 Å². The summed E-state index contributed by atoms with van der Waals surface area (Å²) in [5.41, 5.74) is 27.2. The van der Waals surface area contributed by atoms with Crippen LogP contribution < -0.4 is 19.6 Å². The van der Waals surface area contributed by atoms with Crippen LogP contribution in [0.5, 0.6) is 0 Å². The lowest BCUT2D eigenvalue weighted by Gasteiger charge is -2.42. The van der Waals surface area contributed by atoms with Crippen molar-refractivity contribution in [2.24, 2.45) is 0 Å². The Morgan fingerprint density at radius 1 is 0.321 bits per heavy atom. The van der Waals surface area contributed by atoms with E-state index in [4.69, 9.17) is 0 Å². The third-order valence-corrected chi connectivity index (χ3v) is 18.1. The Bertz CT molecular complexity index is 4250. The van der Waals surface area contributed by atoms with Gasteiger partial charge >= 0.3 is 0 Å². The minimum Gasteiger partial charge on any atom is -0.343 e. The fourth-order valence-corrected chi connectivity index (χ4v) is 14.8. The smallest absolute Gasteiger partial charge is 0.0543 e. The average Bonchev–Trinajstić information content (AvgIpc) is 3.93.